The molecule has 2 heteroatoms. The first-order chi connectivity index (χ1) is 8.65. The number of halogens is 1. The van der Waals surface area contributed by atoms with Crippen LogP contribution >= 0.6 is 15.9 Å². The minimum Gasteiger partial charge on any atom is -0.289 e. The predicted octanol–water partition coefficient (Wildman–Crippen LogP) is 4.42. The minimum atomic E-state index is 0.0949. The Morgan fingerprint density at radius 1 is 0.833 bits per heavy atom. The zero-order chi connectivity index (χ0) is 12.7. The Labute approximate surface area is 113 Å². The van der Waals surface area contributed by atoms with Crippen LogP contribution in [0.3, 0.4) is 0 Å². The molecule has 0 aliphatic rings. The van der Waals surface area contributed by atoms with Gasteiger partial charge in [-0.25, -0.2) is 0 Å². The molecule has 0 fully saturated rings. The Hall–Kier alpha value is -1.67. The Bertz CT molecular complexity index is 754. The molecule has 3 aromatic rings. The molecule has 0 spiro atoms. The molecule has 0 bridgehead atoms. The second-order valence-corrected chi connectivity index (χ2v) is 5.40. The second-order valence-electron chi connectivity index (χ2n) is 4.48. The molecule has 0 N–H and O–H groups in total. The van der Waals surface area contributed by atoms with Crippen LogP contribution in [-0.4, -0.2) is 0 Å². The van der Waals surface area contributed by atoms with E-state index in [2.05, 4.69) is 15.9 Å². The number of rotatable bonds is 0. The highest BCUT2D eigenvalue weighted by Gasteiger charge is 2.02. The largest absolute Gasteiger partial charge is 0.289 e. The van der Waals surface area contributed by atoms with E-state index < -0.39 is 0 Å². The Balaban J connectivity index is 2.59. The number of fused-ring (bicyclic) bond motifs is 2. The lowest BCUT2D eigenvalue weighted by Gasteiger charge is -1.94. The number of benzene rings is 2. The van der Waals surface area contributed by atoms with Gasteiger partial charge >= 0.3 is 0 Å². The van der Waals surface area contributed by atoms with Crippen molar-refractivity contribution in [2.45, 2.75) is 6.92 Å². The lowest BCUT2D eigenvalue weighted by atomic mass is 10.1. The summed E-state index contributed by atoms with van der Waals surface area (Å²) in [5, 5.41) is 3.49. The summed E-state index contributed by atoms with van der Waals surface area (Å²) in [6.45, 7) is 2.03. The average Bonchev–Trinajstić information content (AvgIpc) is 2.47. The summed E-state index contributed by atoms with van der Waals surface area (Å²) in [6, 6.07) is 15.7. The van der Waals surface area contributed by atoms with Gasteiger partial charge < -0.3 is 0 Å². The molecule has 0 aliphatic heterocycles. The van der Waals surface area contributed by atoms with E-state index in [1.807, 2.05) is 55.5 Å². The summed E-state index contributed by atoms with van der Waals surface area (Å²) in [4.78, 5) is 12.5. The third-order valence-electron chi connectivity index (χ3n) is 3.15. The van der Waals surface area contributed by atoms with Gasteiger partial charge in [0.25, 0.3) is 0 Å². The van der Waals surface area contributed by atoms with E-state index in [1.54, 1.807) is 0 Å². The average molecular weight is 299 g/mol. The first-order valence-corrected chi connectivity index (χ1v) is 6.57. The topological polar surface area (TPSA) is 17.1 Å². The Kier molecular flexibility index (Phi) is 2.67. The third-order valence-corrected chi connectivity index (χ3v) is 3.65. The lowest BCUT2D eigenvalue weighted by Crippen LogP contribution is -1.98. The van der Waals surface area contributed by atoms with Crippen LogP contribution in [-0.2, 0) is 0 Å². The van der Waals surface area contributed by atoms with Crippen LogP contribution in [0, 0.1) is 6.92 Å². The van der Waals surface area contributed by atoms with Crippen molar-refractivity contribution in [3.63, 3.8) is 0 Å². The van der Waals surface area contributed by atoms with Gasteiger partial charge in [0.2, 0.25) is 0 Å². The molecule has 0 radical (unpaired) electrons. The third kappa shape index (κ3) is 1.83. The zero-order valence-electron chi connectivity index (χ0n) is 9.91. The first kappa shape index (κ1) is 11.4. The standard InChI is InChI=1S/C16H11BrO/c1-10-2-6-14-11(8-10)3-4-12-9-13(17)5-7-15(12)16(14)18/h2-9H,1H3. The quantitative estimate of drug-likeness (QED) is 0.600. The number of hydrogen-bond donors (Lipinski definition) is 0. The summed E-state index contributed by atoms with van der Waals surface area (Å²) in [5.74, 6) is 0. The molecule has 3 rings (SSSR count). The molecular weight excluding hydrogens is 288 g/mol. The second kappa shape index (κ2) is 4.21. The highest BCUT2D eigenvalue weighted by atomic mass is 79.9. The van der Waals surface area contributed by atoms with Crippen molar-refractivity contribution in [1.82, 2.24) is 0 Å². The van der Waals surface area contributed by atoms with Gasteiger partial charge in [0.1, 0.15) is 0 Å². The maximum absolute atomic E-state index is 12.5. The van der Waals surface area contributed by atoms with Crippen LogP contribution in [0.25, 0.3) is 21.5 Å². The zero-order valence-corrected chi connectivity index (χ0v) is 11.5. The van der Waals surface area contributed by atoms with Crippen molar-refractivity contribution in [3.8, 4) is 0 Å². The summed E-state index contributed by atoms with van der Waals surface area (Å²) in [6.07, 6.45) is 0. The molecule has 0 unspecified atom stereocenters. The highest BCUT2D eigenvalue weighted by Crippen LogP contribution is 2.20. The van der Waals surface area contributed by atoms with Crippen molar-refractivity contribution in [2.75, 3.05) is 0 Å². The highest BCUT2D eigenvalue weighted by molar-refractivity contribution is 9.10. The van der Waals surface area contributed by atoms with Gasteiger partial charge in [-0.15, -0.1) is 0 Å². The maximum Gasteiger partial charge on any atom is 0.194 e. The molecule has 18 heavy (non-hydrogen) atoms. The molecule has 0 aliphatic carbocycles. The molecule has 88 valence electrons. The molecule has 1 nitrogen and oxygen atoms in total. The summed E-state index contributed by atoms with van der Waals surface area (Å²) in [7, 11) is 0. The molecule has 0 heterocycles. The van der Waals surface area contributed by atoms with Crippen molar-refractivity contribution < 1.29 is 0 Å². The van der Waals surface area contributed by atoms with Crippen molar-refractivity contribution in [3.05, 3.63) is 68.8 Å². The molecule has 3 aromatic carbocycles. The van der Waals surface area contributed by atoms with E-state index in [0.29, 0.717) is 0 Å². The molecule has 0 amide bonds. The van der Waals surface area contributed by atoms with E-state index in [-0.39, 0.29) is 5.43 Å². The van der Waals surface area contributed by atoms with Gasteiger partial charge in [0, 0.05) is 15.2 Å². The molecule has 0 saturated carbocycles. The van der Waals surface area contributed by atoms with Crippen LogP contribution in [0.5, 0.6) is 0 Å². The van der Waals surface area contributed by atoms with E-state index in [4.69, 9.17) is 0 Å². The van der Waals surface area contributed by atoms with E-state index >= 15 is 0 Å². The van der Waals surface area contributed by atoms with Crippen molar-refractivity contribution >= 4 is 37.5 Å². The van der Waals surface area contributed by atoms with Crippen LogP contribution in [0.15, 0.2) is 57.8 Å². The smallest absolute Gasteiger partial charge is 0.194 e. The molecule has 0 aromatic heterocycles. The minimum absolute atomic E-state index is 0.0949. The normalized spacial score (nSPS) is 11.0. The lowest BCUT2D eigenvalue weighted by molar-refractivity contribution is 1.51. The van der Waals surface area contributed by atoms with Gasteiger partial charge in [-0.3, -0.25) is 4.79 Å². The van der Waals surface area contributed by atoms with Crippen LogP contribution in [0.2, 0.25) is 0 Å². The van der Waals surface area contributed by atoms with Crippen molar-refractivity contribution in [1.29, 1.82) is 0 Å². The molecule has 0 atom stereocenters. The van der Waals surface area contributed by atoms with Gasteiger partial charge in [0.15, 0.2) is 5.43 Å². The monoisotopic (exact) mass is 298 g/mol. The van der Waals surface area contributed by atoms with Crippen LogP contribution in [0.1, 0.15) is 5.56 Å². The summed E-state index contributed by atoms with van der Waals surface area (Å²) < 4.78 is 0.987. The predicted molar refractivity (Wildman–Crippen MR) is 80.2 cm³/mol. The summed E-state index contributed by atoms with van der Waals surface area (Å²) >= 11 is 3.44. The summed E-state index contributed by atoms with van der Waals surface area (Å²) in [5.41, 5.74) is 1.26. The van der Waals surface area contributed by atoms with Crippen molar-refractivity contribution in [2.24, 2.45) is 0 Å². The number of aryl methyl sites for hydroxylation is 1. The SMILES string of the molecule is Cc1ccc2c(=O)c3ccc(Br)cc3ccc2c1. The Morgan fingerprint density at radius 2 is 1.44 bits per heavy atom. The molecule has 0 saturated heterocycles. The fourth-order valence-electron chi connectivity index (χ4n) is 2.23. The maximum atomic E-state index is 12.5. The molecular formula is C16H11BrO. The van der Waals surface area contributed by atoms with E-state index in [0.717, 1.165) is 26.0 Å². The van der Waals surface area contributed by atoms with Crippen LogP contribution in [0.4, 0.5) is 0 Å². The van der Waals surface area contributed by atoms with E-state index in [9.17, 15) is 4.79 Å². The number of hydrogen-bond acceptors (Lipinski definition) is 1. The van der Waals surface area contributed by atoms with Gasteiger partial charge in [-0.1, -0.05) is 51.8 Å². The fourth-order valence-corrected chi connectivity index (χ4v) is 2.61. The van der Waals surface area contributed by atoms with Gasteiger partial charge in [0.05, 0.1) is 0 Å². The van der Waals surface area contributed by atoms with Gasteiger partial charge in [-0.05, 0) is 35.9 Å². The van der Waals surface area contributed by atoms with E-state index in [1.165, 1.54) is 5.56 Å². The fraction of sp³-hybridized carbons (Fsp3) is 0.0625. The Morgan fingerprint density at radius 3 is 2.17 bits per heavy atom. The first-order valence-electron chi connectivity index (χ1n) is 5.78. The van der Waals surface area contributed by atoms with Gasteiger partial charge in [-0.2, -0.15) is 0 Å². The van der Waals surface area contributed by atoms with Crippen LogP contribution < -0.4 is 5.43 Å².